The van der Waals surface area contributed by atoms with Crippen LogP contribution in [0.1, 0.15) is 20.3 Å². The van der Waals surface area contributed by atoms with Gasteiger partial charge in [0.2, 0.25) is 0 Å². The van der Waals surface area contributed by atoms with Crippen LogP contribution in [0.25, 0.3) is 0 Å². The van der Waals surface area contributed by atoms with E-state index in [-0.39, 0.29) is 0 Å². The molecule has 0 radical (unpaired) electrons. The SMILES string of the molecule is CCOc1cc(NCC2CCOC2C)ccc1N. The van der Waals surface area contributed by atoms with Gasteiger partial charge in [0.25, 0.3) is 0 Å². The van der Waals surface area contributed by atoms with Crippen LogP contribution in [0.3, 0.4) is 0 Å². The third-order valence-electron chi connectivity index (χ3n) is 3.42. The van der Waals surface area contributed by atoms with Gasteiger partial charge in [-0.15, -0.1) is 0 Å². The second-order valence-electron chi connectivity index (χ2n) is 4.69. The number of nitrogens with two attached hydrogens (primary N) is 1. The predicted molar refractivity (Wildman–Crippen MR) is 74.0 cm³/mol. The van der Waals surface area contributed by atoms with Gasteiger partial charge >= 0.3 is 0 Å². The first kappa shape index (κ1) is 13.0. The molecule has 3 N–H and O–H groups in total. The molecule has 1 aliphatic heterocycles. The lowest BCUT2D eigenvalue weighted by Crippen LogP contribution is -2.20. The topological polar surface area (TPSA) is 56.5 Å². The van der Waals surface area contributed by atoms with Crippen LogP contribution in [0.2, 0.25) is 0 Å². The average molecular weight is 250 g/mol. The first-order valence-electron chi connectivity index (χ1n) is 6.58. The van der Waals surface area contributed by atoms with Crippen LogP contribution in [0.15, 0.2) is 18.2 Å². The molecule has 4 nitrogen and oxygen atoms in total. The first-order valence-corrected chi connectivity index (χ1v) is 6.58. The maximum absolute atomic E-state index is 5.84. The van der Waals surface area contributed by atoms with Crippen molar-refractivity contribution >= 4 is 11.4 Å². The second-order valence-corrected chi connectivity index (χ2v) is 4.69. The molecular weight excluding hydrogens is 228 g/mol. The fraction of sp³-hybridized carbons (Fsp3) is 0.571. The lowest BCUT2D eigenvalue weighted by atomic mass is 10.0. The Balaban J connectivity index is 1.94. The van der Waals surface area contributed by atoms with Crippen LogP contribution in [0.5, 0.6) is 5.75 Å². The molecule has 0 bridgehead atoms. The molecule has 1 aromatic carbocycles. The zero-order chi connectivity index (χ0) is 13.0. The van der Waals surface area contributed by atoms with Gasteiger partial charge in [-0.05, 0) is 32.4 Å². The van der Waals surface area contributed by atoms with E-state index in [0.717, 1.165) is 31.0 Å². The number of nitrogens with one attached hydrogen (secondary N) is 1. The van der Waals surface area contributed by atoms with Crippen molar-refractivity contribution in [1.82, 2.24) is 0 Å². The highest BCUT2D eigenvalue weighted by atomic mass is 16.5. The number of rotatable bonds is 5. The molecule has 0 amide bonds. The Kier molecular flexibility index (Phi) is 4.31. The van der Waals surface area contributed by atoms with Crippen molar-refractivity contribution in [3.8, 4) is 5.75 Å². The Bertz CT molecular complexity index is 395. The molecule has 0 aliphatic carbocycles. The number of hydrogen-bond acceptors (Lipinski definition) is 4. The summed E-state index contributed by atoms with van der Waals surface area (Å²) in [5.41, 5.74) is 7.57. The van der Waals surface area contributed by atoms with E-state index in [1.54, 1.807) is 0 Å². The first-order chi connectivity index (χ1) is 8.70. The van der Waals surface area contributed by atoms with Gasteiger partial charge in [0.05, 0.1) is 18.4 Å². The highest BCUT2D eigenvalue weighted by molar-refractivity contribution is 5.61. The van der Waals surface area contributed by atoms with Crippen molar-refractivity contribution in [3.63, 3.8) is 0 Å². The summed E-state index contributed by atoms with van der Waals surface area (Å²) in [6.07, 6.45) is 1.47. The van der Waals surface area contributed by atoms with E-state index >= 15 is 0 Å². The maximum Gasteiger partial charge on any atom is 0.144 e. The van der Waals surface area contributed by atoms with Gasteiger partial charge < -0.3 is 20.5 Å². The number of anilines is 2. The zero-order valence-corrected chi connectivity index (χ0v) is 11.1. The van der Waals surface area contributed by atoms with Gasteiger partial charge in [0.15, 0.2) is 0 Å². The molecule has 1 aliphatic rings. The van der Waals surface area contributed by atoms with E-state index in [9.17, 15) is 0 Å². The molecule has 1 heterocycles. The Labute approximate surface area is 108 Å². The minimum absolute atomic E-state index is 0.345. The third kappa shape index (κ3) is 3.07. The van der Waals surface area contributed by atoms with Gasteiger partial charge in [0, 0.05) is 30.8 Å². The van der Waals surface area contributed by atoms with Crippen molar-refractivity contribution < 1.29 is 9.47 Å². The van der Waals surface area contributed by atoms with E-state index in [2.05, 4.69) is 12.2 Å². The molecular formula is C14H22N2O2. The summed E-state index contributed by atoms with van der Waals surface area (Å²) >= 11 is 0. The predicted octanol–water partition coefficient (Wildman–Crippen LogP) is 2.50. The smallest absolute Gasteiger partial charge is 0.144 e. The summed E-state index contributed by atoms with van der Waals surface area (Å²) in [6, 6.07) is 5.82. The molecule has 2 atom stereocenters. The van der Waals surface area contributed by atoms with Crippen molar-refractivity contribution in [2.24, 2.45) is 5.92 Å². The van der Waals surface area contributed by atoms with Crippen molar-refractivity contribution in [1.29, 1.82) is 0 Å². The fourth-order valence-electron chi connectivity index (χ4n) is 2.22. The van der Waals surface area contributed by atoms with Crippen LogP contribution >= 0.6 is 0 Å². The summed E-state index contributed by atoms with van der Waals surface area (Å²) in [6.45, 7) is 6.52. The lowest BCUT2D eigenvalue weighted by Gasteiger charge is -2.16. The normalized spacial score (nSPS) is 23.0. The highest BCUT2D eigenvalue weighted by Gasteiger charge is 2.23. The van der Waals surface area contributed by atoms with Crippen LogP contribution in [-0.4, -0.2) is 25.9 Å². The molecule has 1 aromatic rings. The van der Waals surface area contributed by atoms with E-state index in [0.29, 0.717) is 24.3 Å². The van der Waals surface area contributed by atoms with E-state index in [1.165, 1.54) is 0 Å². The molecule has 0 aromatic heterocycles. The quantitative estimate of drug-likeness (QED) is 0.788. The monoisotopic (exact) mass is 250 g/mol. The minimum atomic E-state index is 0.345. The second kappa shape index (κ2) is 5.96. The molecule has 1 saturated heterocycles. The summed E-state index contributed by atoms with van der Waals surface area (Å²) < 4.78 is 11.0. The third-order valence-corrected chi connectivity index (χ3v) is 3.42. The van der Waals surface area contributed by atoms with Gasteiger partial charge in [-0.3, -0.25) is 0 Å². The highest BCUT2D eigenvalue weighted by Crippen LogP contribution is 2.27. The van der Waals surface area contributed by atoms with Crippen LogP contribution in [-0.2, 0) is 4.74 Å². The number of ether oxygens (including phenoxy) is 2. The van der Waals surface area contributed by atoms with Gasteiger partial charge in [-0.2, -0.15) is 0 Å². The number of nitrogen functional groups attached to an aromatic ring is 1. The molecule has 0 spiro atoms. The minimum Gasteiger partial charge on any atom is -0.492 e. The summed E-state index contributed by atoms with van der Waals surface area (Å²) in [4.78, 5) is 0. The van der Waals surface area contributed by atoms with Gasteiger partial charge in [0.1, 0.15) is 5.75 Å². The Morgan fingerprint density at radius 2 is 2.33 bits per heavy atom. The Morgan fingerprint density at radius 1 is 1.50 bits per heavy atom. The fourth-order valence-corrected chi connectivity index (χ4v) is 2.22. The Hall–Kier alpha value is -1.42. The molecule has 1 fully saturated rings. The van der Waals surface area contributed by atoms with Gasteiger partial charge in [-0.25, -0.2) is 0 Å². The number of hydrogen-bond donors (Lipinski definition) is 2. The van der Waals surface area contributed by atoms with Crippen LogP contribution in [0, 0.1) is 5.92 Å². The largest absolute Gasteiger partial charge is 0.492 e. The van der Waals surface area contributed by atoms with Gasteiger partial charge in [-0.1, -0.05) is 0 Å². The average Bonchev–Trinajstić information content (AvgIpc) is 2.76. The molecule has 2 unspecified atom stereocenters. The van der Waals surface area contributed by atoms with Crippen LogP contribution in [0.4, 0.5) is 11.4 Å². The molecule has 4 heteroatoms. The Morgan fingerprint density at radius 3 is 3.00 bits per heavy atom. The molecule has 2 rings (SSSR count). The van der Waals surface area contributed by atoms with E-state index < -0.39 is 0 Å². The van der Waals surface area contributed by atoms with Crippen molar-refractivity contribution in [3.05, 3.63) is 18.2 Å². The summed E-state index contributed by atoms with van der Waals surface area (Å²) in [5, 5.41) is 3.43. The molecule has 0 saturated carbocycles. The zero-order valence-electron chi connectivity index (χ0n) is 11.1. The lowest BCUT2D eigenvalue weighted by molar-refractivity contribution is 0.108. The standard InChI is InChI=1S/C14H22N2O2/c1-3-17-14-8-12(4-5-13(14)15)16-9-11-6-7-18-10(11)2/h4-5,8,10-11,16H,3,6-7,9,15H2,1-2H3. The molecule has 18 heavy (non-hydrogen) atoms. The summed E-state index contributed by atoms with van der Waals surface area (Å²) in [7, 11) is 0. The van der Waals surface area contributed by atoms with E-state index in [1.807, 2.05) is 25.1 Å². The maximum atomic E-state index is 5.84. The summed E-state index contributed by atoms with van der Waals surface area (Å²) in [5.74, 6) is 1.33. The molecule has 100 valence electrons. The van der Waals surface area contributed by atoms with Crippen LogP contribution < -0.4 is 15.8 Å². The van der Waals surface area contributed by atoms with Crippen molar-refractivity contribution in [2.75, 3.05) is 30.8 Å². The van der Waals surface area contributed by atoms with Crippen molar-refractivity contribution in [2.45, 2.75) is 26.4 Å². The van der Waals surface area contributed by atoms with E-state index in [4.69, 9.17) is 15.2 Å². The number of benzene rings is 1.